The summed E-state index contributed by atoms with van der Waals surface area (Å²) in [6.07, 6.45) is 4.02. The maximum Gasteiger partial charge on any atom is 0.308 e. The van der Waals surface area contributed by atoms with Crippen LogP contribution in [0.5, 0.6) is 0 Å². The highest BCUT2D eigenvalue weighted by Crippen LogP contribution is 2.30. The molecule has 0 aliphatic heterocycles. The molecule has 0 spiro atoms. The molecule has 0 radical (unpaired) electrons. The normalized spacial score (nSPS) is 28.8. The number of carbonyl (C=O) groups is 1. The van der Waals surface area contributed by atoms with Crippen molar-refractivity contribution in [2.75, 3.05) is 7.11 Å². The van der Waals surface area contributed by atoms with E-state index >= 15 is 0 Å². The Morgan fingerprint density at radius 1 is 1.36 bits per heavy atom. The van der Waals surface area contributed by atoms with Crippen molar-refractivity contribution < 1.29 is 9.53 Å². The van der Waals surface area contributed by atoms with Crippen molar-refractivity contribution in [3.63, 3.8) is 0 Å². The van der Waals surface area contributed by atoms with Crippen LogP contribution in [0.3, 0.4) is 0 Å². The van der Waals surface area contributed by atoms with E-state index in [2.05, 4.69) is 0 Å². The van der Waals surface area contributed by atoms with E-state index in [1.165, 1.54) is 7.11 Å². The Kier molecular flexibility index (Phi) is 6.12. The fourth-order valence-electron chi connectivity index (χ4n) is 2.05. The number of carbonyl (C=O) groups excluding carboxylic acids is 1. The summed E-state index contributed by atoms with van der Waals surface area (Å²) in [5.74, 6) is 0.670. The molecule has 1 aliphatic carbocycles. The number of nitrogens with two attached hydrogens (primary N) is 1. The second-order valence-corrected chi connectivity index (χ2v) is 3.99. The lowest BCUT2D eigenvalue weighted by Crippen LogP contribution is -2.32. The summed E-state index contributed by atoms with van der Waals surface area (Å²) in [5.41, 5.74) is 5.81. The average molecular weight is 222 g/mol. The first kappa shape index (κ1) is 13.7. The van der Waals surface area contributed by atoms with Gasteiger partial charge in [-0.05, 0) is 38.5 Å². The molecule has 0 aromatic carbocycles. The number of methoxy groups -OCH3 is 1. The van der Waals surface area contributed by atoms with Crippen LogP contribution in [0.2, 0.25) is 0 Å². The highest BCUT2D eigenvalue weighted by Gasteiger charge is 2.28. The molecule has 0 aromatic heterocycles. The smallest absolute Gasteiger partial charge is 0.308 e. The summed E-state index contributed by atoms with van der Waals surface area (Å²) in [6, 6.07) is 0.263. The minimum Gasteiger partial charge on any atom is -0.469 e. The zero-order valence-corrected chi connectivity index (χ0v) is 9.68. The van der Waals surface area contributed by atoms with Gasteiger partial charge in [0.2, 0.25) is 0 Å². The van der Waals surface area contributed by atoms with Crippen LogP contribution >= 0.6 is 12.4 Å². The second kappa shape index (κ2) is 6.25. The number of hydrogen-bond acceptors (Lipinski definition) is 3. The molecule has 3 nitrogen and oxygen atoms in total. The lowest BCUT2D eigenvalue weighted by Gasteiger charge is -2.29. The molecule has 0 bridgehead atoms. The van der Waals surface area contributed by atoms with Gasteiger partial charge < -0.3 is 10.5 Å². The van der Waals surface area contributed by atoms with Crippen molar-refractivity contribution in [1.82, 2.24) is 0 Å². The van der Waals surface area contributed by atoms with Gasteiger partial charge in [0.1, 0.15) is 0 Å². The van der Waals surface area contributed by atoms with Crippen LogP contribution in [0.1, 0.15) is 32.6 Å². The number of hydrogen-bond donors (Lipinski definition) is 1. The predicted octanol–water partition coefficient (Wildman–Crippen LogP) is 1.73. The summed E-state index contributed by atoms with van der Waals surface area (Å²) < 4.78 is 4.72. The lowest BCUT2D eigenvalue weighted by molar-refractivity contribution is -0.146. The fourth-order valence-corrected chi connectivity index (χ4v) is 2.05. The molecule has 1 unspecified atom stereocenters. The lowest BCUT2D eigenvalue weighted by atomic mass is 9.79. The van der Waals surface area contributed by atoms with Crippen molar-refractivity contribution in [1.29, 1.82) is 0 Å². The van der Waals surface area contributed by atoms with E-state index in [1.807, 2.05) is 6.92 Å². The summed E-state index contributed by atoms with van der Waals surface area (Å²) >= 11 is 0. The Hall–Kier alpha value is -0.280. The monoisotopic (exact) mass is 221 g/mol. The topological polar surface area (TPSA) is 52.3 Å². The molecule has 1 rings (SSSR count). The van der Waals surface area contributed by atoms with E-state index in [1.54, 1.807) is 0 Å². The van der Waals surface area contributed by atoms with Gasteiger partial charge in [-0.15, -0.1) is 12.4 Å². The van der Waals surface area contributed by atoms with Gasteiger partial charge in [0.25, 0.3) is 0 Å². The van der Waals surface area contributed by atoms with E-state index in [4.69, 9.17) is 10.5 Å². The van der Waals surface area contributed by atoms with Crippen LogP contribution in [0.15, 0.2) is 0 Å². The molecule has 0 saturated heterocycles. The predicted molar refractivity (Wildman–Crippen MR) is 58.4 cm³/mol. The molecule has 1 fully saturated rings. The molecule has 0 heterocycles. The van der Waals surface area contributed by atoms with Gasteiger partial charge in [0, 0.05) is 6.04 Å². The Balaban J connectivity index is 0.00000169. The molecule has 84 valence electrons. The summed E-state index contributed by atoms with van der Waals surface area (Å²) in [4.78, 5) is 11.2. The zero-order chi connectivity index (χ0) is 9.84. The number of halogens is 1. The van der Waals surface area contributed by atoms with Crippen LogP contribution in [0.4, 0.5) is 0 Å². The maximum atomic E-state index is 11.2. The molecular weight excluding hydrogens is 202 g/mol. The third-order valence-corrected chi connectivity index (χ3v) is 3.05. The zero-order valence-electron chi connectivity index (χ0n) is 8.86. The number of rotatable bonds is 2. The molecule has 1 saturated carbocycles. The molecule has 1 atom stereocenters. The van der Waals surface area contributed by atoms with Gasteiger partial charge in [-0.1, -0.05) is 0 Å². The molecule has 2 N–H and O–H groups in total. The molecule has 0 amide bonds. The van der Waals surface area contributed by atoms with Crippen LogP contribution in [0, 0.1) is 11.8 Å². The van der Waals surface area contributed by atoms with Gasteiger partial charge >= 0.3 is 5.97 Å². The fraction of sp³-hybridized carbons (Fsp3) is 0.900. The van der Waals surface area contributed by atoms with Crippen LogP contribution in [-0.2, 0) is 9.53 Å². The summed E-state index contributed by atoms with van der Waals surface area (Å²) in [5, 5.41) is 0. The molecule has 0 aromatic rings. The van der Waals surface area contributed by atoms with Crippen LogP contribution in [0.25, 0.3) is 0 Å². The van der Waals surface area contributed by atoms with Gasteiger partial charge in [-0.2, -0.15) is 0 Å². The quantitative estimate of drug-likeness (QED) is 0.723. The highest BCUT2D eigenvalue weighted by molar-refractivity contribution is 5.85. The molecule has 14 heavy (non-hydrogen) atoms. The standard InChI is InChI=1S/C10H19NO2.ClH/c1-7(11)8-3-5-9(6-4-8)10(12)13-2;/h7-9H,3-6,11H2,1-2H3;1H/t7?,8-,9-;. The van der Waals surface area contributed by atoms with E-state index in [0.29, 0.717) is 5.92 Å². The Bertz CT molecular complexity index is 177. The Morgan fingerprint density at radius 3 is 2.21 bits per heavy atom. The summed E-state index contributed by atoms with van der Waals surface area (Å²) in [7, 11) is 1.46. The largest absolute Gasteiger partial charge is 0.469 e. The minimum atomic E-state index is -0.0527. The first-order valence-electron chi connectivity index (χ1n) is 4.98. The van der Waals surface area contributed by atoms with Crippen LogP contribution in [-0.4, -0.2) is 19.1 Å². The van der Waals surface area contributed by atoms with Gasteiger partial charge in [0.15, 0.2) is 0 Å². The third-order valence-electron chi connectivity index (χ3n) is 3.05. The maximum absolute atomic E-state index is 11.2. The van der Waals surface area contributed by atoms with Crippen molar-refractivity contribution in [3.8, 4) is 0 Å². The van der Waals surface area contributed by atoms with Crippen LogP contribution < -0.4 is 5.73 Å². The minimum absolute atomic E-state index is 0. The van der Waals surface area contributed by atoms with E-state index in [9.17, 15) is 4.79 Å². The molecule has 1 aliphatic rings. The Morgan fingerprint density at radius 2 is 1.86 bits per heavy atom. The van der Waals surface area contributed by atoms with Crippen molar-refractivity contribution in [2.24, 2.45) is 17.6 Å². The van der Waals surface area contributed by atoms with E-state index in [-0.39, 0.29) is 30.3 Å². The SMILES string of the molecule is COC(=O)[C@H]1CC[C@H](C(C)N)CC1.Cl. The first-order chi connectivity index (χ1) is 6.15. The third kappa shape index (κ3) is 3.46. The van der Waals surface area contributed by atoms with Crippen molar-refractivity contribution in [3.05, 3.63) is 0 Å². The first-order valence-corrected chi connectivity index (χ1v) is 4.98. The van der Waals surface area contributed by atoms with Gasteiger partial charge in [-0.3, -0.25) is 4.79 Å². The second-order valence-electron chi connectivity index (χ2n) is 3.99. The summed E-state index contributed by atoms with van der Waals surface area (Å²) in [6.45, 7) is 2.04. The number of ether oxygens (including phenoxy) is 1. The molecule has 4 heteroatoms. The average Bonchev–Trinajstić information content (AvgIpc) is 2.17. The number of esters is 1. The van der Waals surface area contributed by atoms with Gasteiger partial charge in [0.05, 0.1) is 13.0 Å². The van der Waals surface area contributed by atoms with Crippen molar-refractivity contribution >= 4 is 18.4 Å². The molecular formula is C10H20ClNO2. The van der Waals surface area contributed by atoms with Crippen molar-refractivity contribution in [2.45, 2.75) is 38.6 Å². The highest BCUT2D eigenvalue weighted by atomic mass is 35.5. The van der Waals surface area contributed by atoms with E-state index in [0.717, 1.165) is 25.7 Å². The van der Waals surface area contributed by atoms with E-state index < -0.39 is 0 Å². The van der Waals surface area contributed by atoms with Gasteiger partial charge in [-0.25, -0.2) is 0 Å². The Labute approximate surface area is 91.8 Å².